The lowest BCUT2D eigenvalue weighted by atomic mass is 9.94. The van der Waals surface area contributed by atoms with E-state index in [4.69, 9.17) is 4.74 Å². The number of hydrogen-bond acceptors (Lipinski definition) is 5. The molecule has 1 aromatic heterocycles. The summed E-state index contributed by atoms with van der Waals surface area (Å²) in [4.78, 5) is 41.4. The molecule has 4 rings (SSSR count). The standard InChI is InChI=1S/C30H36N4O5/c1-39-19-18-32(30(36)25-12-8-15-27(20-25)34(37)38)23-29(35)33(26-13-6-3-7-14-26)22-28-16-9-17-31(28)21-24-10-4-2-5-11-24/h2,4-5,8-12,15-17,20,26H,3,6-7,13-14,18-19,21-23H2,1H3. The van der Waals surface area contributed by atoms with E-state index in [0.717, 1.165) is 37.8 Å². The van der Waals surface area contributed by atoms with Crippen LogP contribution in [0, 0.1) is 10.1 Å². The fraction of sp³-hybridized carbons (Fsp3) is 0.400. The number of hydrogen-bond donors (Lipinski definition) is 0. The Balaban J connectivity index is 1.55. The molecular formula is C30H36N4O5. The van der Waals surface area contributed by atoms with Gasteiger partial charge in [-0.05, 0) is 36.6 Å². The monoisotopic (exact) mass is 532 g/mol. The zero-order chi connectivity index (χ0) is 27.6. The SMILES string of the molecule is COCCN(CC(=O)N(Cc1cccn1Cc1ccccc1)C1CCCCC1)C(=O)c1cccc([N+](=O)[O-])c1. The van der Waals surface area contributed by atoms with Gasteiger partial charge in [-0.25, -0.2) is 0 Å². The predicted molar refractivity (Wildman–Crippen MR) is 148 cm³/mol. The third-order valence-electron chi connectivity index (χ3n) is 7.27. The Morgan fingerprint density at radius 2 is 1.79 bits per heavy atom. The molecule has 0 saturated heterocycles. The summed E-state index contributed by atoms with van der Waals surface area (Å²) in [6.45, 7) is 1.48. The molecule has 0 spiro atoms. The summed E-state index contributed by atoms with van der Waals surface area (Å²) in [7, 11) is 1.53. The van der Waals surface area contributed by atoms with E-state index in [0.29, 0.717) is 13.1 Å². The number of carbonyl (C=O) groups excluding carboxylic acids is 2. The molecule has 0 N–H and O–H groups in total. The van der Waals surface area contributed by atoms with Crippen molar-refractivity contribution in [2.45, 2.75) is 51.2 Å². The lowest BCUT2D eigenvalue weighted by molar-refractivity contribution is -0.384. The third-order valence-corrected chi connectivity index (χ3v) is 7.27. The first-order valence-electron chi connectivity index (χ1n) is 13.5. The molecule has 0 radical (unpaired) electrons. The van der Waals surface area contributed by atoms with Crippen molar-refractivity contribution in [1.29, 1.82) is 0 Å². The van der Waals surface area contributed by atoms with Crippen LogP contribution in [0.1, 0.15) is 53.7 Å². The first-order valence-corrected chi connectivity index (χ1v) is 13.5. The van der Waals surface area contributed by atoms with E-state index >= 15 is 0 Å². The number of nitrogens with zero attached hydrogens (tertiary/aromatic N) is 4. The van der Waals surface area contributed by atoms with Gasteiger partial charge in [0.25, 0.3) is 11.6 Å². The van der Waals surface area contributed by atoms with Crippen molar-refractivity contribution in [2.75, 3.05) is 26.8 Å². The summed E-state index contributed by atoms with van der Waals surface area (Å²) in [5.41, 5.74) is 2.22. The lowest BCUT2D eigenvalue weighted by Gasteiger charge is -2.36. The molecule has 9 nitrogen and oxygen atoms in total. The number of rotatable bonds is 12. The number of nitro groups is 1. The van der Waals surface area contributed by atoms with Crippen molar-refractivity contribution < 1.29 is 19.2 Å². The second-order valence-corrected chi connectivity index (χ2v) is 9.95. The summed E-state index contributed by atoms with van der Waals surface area (Å²) in [6.07, 6.45) is 7.19. The van der Waals surface area contributed by atoms with E-state index in [9.17, 15) is 19.7 Å². The minimum absolute atomic E-state index is 0.100. The van der Waals surface area contributed by atoms with Gasteiger partial charge in [-0.2, -0.15) is 0 Å². The molecule has 1 saturated carbocycles. The Bertz CT molecular complexity index is 1250. The fourth-order valence-electron chi connectivity index (χ4n) is 5.16. The highest BCUT2D eigenvalue weighted by Crippen LogP contribution is 2.25. The van der Waals surface area contributed by atoms with Gasteiger partial charge in [-0.1, -0.05) is 55.7 Å². The number of ether oxygens (including phenoxy) is 1. The van der Waals surface area contributed by atoms with Crippen molar-refractivity contribution in [3.63, 3.8) is 0 Å². The van der Waals surface area contributed by atoms with Crippen LogP contribution in [0.3, 0.4) is 0 Å². The van der Waals surface area contributed by atoms with E-state index in [2.05, 4.69) is 16.7 Å². The Labute approximate surface area is 229 Å². The van der Waals surface area contributed by atoms with Gasteiger partial charge in [0.1, 0.15) is 6.54 Å². The van der Waals surface area contributed by atoms with Gasteiger partial charge in [0, 0.05) is 55.8 Å². The lowest BCUT2D eigenvalue weighted by Crippen LogP contribution is -2.48. The third kappa shape index (κ3) is 7.54. The second-order valence-electron chi connectivity index (χ2n) is 9.95. The second kappa shape index (κ2) is 13.7. The topological polar surface area (TPSA) is 97.9 Å². The highest BCUT2D eigenvalue weighted by Gasteiger charge is 2.29. The quantitative estimate of drug-likeness (QED) is 0.244. The zero-order valence-corrected chi connectivity index (χ0v) is 22.4. The van der Waals surface area contributed by atoms with Gasteiger partial charge in [0.15, 0.2) is 0 Å². The maximum atomic E-state index is 13.9. The minimum atomic E-state index is -0.531. The first-order chi connectivity index (χ1) is 19.0. The number of non-ortho nitro benzene ring substituents is 1. The number of nitro benzene ring substituents is 1. The van der Waals surface area contributed by atoms with Crippen LogP contribution in [0.5, 0.6) is 0 Å². The molecule has 1 fully saturated rings. The van der Waals surface area contributed by atoms with Crippen LogP contribution in [-0.2, 0) is 22.6 Å². The Hall–Kier alpha value is -3.98. The molecule has 39 heavy (non-hydrogen) atoms. The predicted octanol–water partition coefficient (Wildman–Crippen LogP) is 4.89. The van der Waals surface area contributed by atoms with Gasteiger partial charge >= 0.3 is 0 Å². The molecule has 1 heterocycles. The Morgan fingerprint density at radius 3 is 2.51 bits per heavy atom. The maximum Gasteiger partial charge on any atom is 0.270 e. The first kappa shape index (κ1) is 28.0. The Morgan fingerprint density at radius 1 is 1.03 bits per heavy atom. The normalized spacial score (nSPS) is 13.7. The smallest absolute Gasteiger partial charge is 0.270 e. The van der Waals surface area contributed by atoms with Crippen molar-refractivity contribution in [2.24, 2.45) is 0 Å². The summed E-state index contributed by atoms with van der Waals surface area (Å²) in [5, 5.41) is 11.3. The molecule has 1 aliphatic carbocycles. The number of amides is 2. The van der Waals surface area contributed by atoms with Crippen LogP contribution in [-0.4, -0.2) is 64.0 Å². The molecule has 0 unspecified atom stereocenters. The van der Waals surface area contributed by atoms with Crippen molar-refractivity contribution >= 4 is 17.5 Å². The van der Waals surface area contributed by atoms with E-state index in [1.54, 1.807) is 0 Å². The van der Waals surface area contributed by atoms with Gasteiger partial charge in [-0.3, -0.25) is 19.7 Å². The van der Waals surface area contributed by atoms with Crippen LogP contribution in [0.4, 0.5) is 5.69 Å². The van der Waals surface area contributed by atoms with Crippen LogP contribution >= 0.6 is 0 Å². The van der Waals surface area contributed by atoms with Gasteiger partial charge < -0.3 is 19.1 Å². The number of carbonyl (C=O) groups is 2. The van der Waals surface area contributed by atoms with E-state index in [-0.39, 0.29) is 42.9 Å². The molecule has 0 atom stereocenters. The highest BCUT2D eigenvalue weighted by molar-refractivity contribution is 5.97. The largest absolute Gasteiger partial charge is 0.383 e. The average Bonchev–Trinajstić information content (AvgIpc) is 3.40. The van der Waals surface area contributed by atoms with E-state index in [1.165, 1.54) is 41.8 Å². The molecule has 2 amide bonds. The molecule has 3 aromatic rings. The van der Waals surface area contributed by atoms with Gasteiger partial charge in [0.2, 0.25) is 5.91 Å². The van der Waals surface area contributed by atoms with Crippen LogP contribution < -0.4 is 0 Å². The summed E-state index contributed by atoms with van der Waals surface area (Å²) < 4.78 is 7.37. The summed E-state index contributed by atoms with van der Waals surface area (Å²) in [5.74, 6) is -0.565. The molecule has 9 heteroatoms. The van der Waals surface area contributed by atoms with Crippen LogP contribution in [0.25, 0.3) is 0 Å². The summed E-state index contributed by atoms with van der Waals surface area (Å²) in [6, 6.07) is 20.0. The summed E-state index contributed by atoms with van der Waals surface area (Å²) >= 11 is 0. The molecule has 1 aliphatic rings. The van der Waals surface area contributed by atoms with E-state index in [1.807, 2.05) is 41.4 Å². The van der Waals surface area contributed by atoms with Crippen LogP contribution in [0.15, 0.2) is 72.9 Å². The fourth-order valence-corrected chi connectivity index (χ4v) is 5.16. The van der Waals surface area contributed by atoms with E-state index < -0.39 is 10.8 Å². The highest BCUT2D eigenvalue weighted by atomic mass is 16.6. The molecule has 0 aliphatic heterocycles. The van der Waals surface area contributed by atoms with Crippen molar-refractivity contribution in [3.8, 4) is 0 Å². The number of benzene rings is 2. The average molecular weight is 533 g/mol. The number of methoxy groups -OCH3 is 1. The molecule has 2 aromatic carbocycles. The van der Waals surface area contributed by atoms with Gasteiger partial charge in [-0.15, -0.1) is 0 Å². The van der Waals surface area contributed by atoms with Crippen molar-refractivity contribution in [3.05, 3.63) is 99.9 Å². The van der Waals surface area contributed by atoms with Crippen LogP contribution in [0.2, 0.25) is 0 Å². The minimum Gasteiger partial charge on any atom is -0.383 e. The molecule has 206 valence electrons. The zero-order valence-electron chi connectivity index (χ0n) is 22.4. The molecule has 0 bridgehead atoms. The number of aromatic nitrogens is 1. The molecular weight excluding hydrogens is 496 g/mol. The maximum absolute atomic E-state index is 13.9. The van der Waals surface area contributed by atoms with Gasteiger partial charge in [0.05, 0.1) is 18.1 Å². The Kier molecular flexibility index (Phi) is 9.85. The van der Waals surface area contributed by atoms with Crippen molar-refractivity contribution in [1.82, 2.24) is 14.4 Å².